The van der Waals surface area contributed by atoms with E-state index in [1.807, 2.05) is 42.2 Å². The van der Waals surface area contributed by atoms with E-state index in [1.54, 1.807) is 6.20 Å². The van der Waals surface area contributed by atoms with Gasteiger partial charge in [0.1, 0.15) is 5.82 Å². The third-order valence-electron chi connectivity index (χ3n) is 6.12. The van der Waals surface area contributed by atoms with E-state index < -0.39 is 0 Å². The Kier molecular flexibility index (Phi) is 6.21. The zero-order valence-corrected chi connectivity index (χ0v) is 20.7. The number of para-hydroxylation sites is 1. The van der Waals surface area contributed by atoms with E-state index in [1.165, 1.54) is 23.8 Å². The maximum absolute atomic E-state index is 13.8. The Hall–Kier alpha value is -2.70. The monoisotopic (exact) mass is 522 g/mol. The molecule has 5 nitrogen and oxygen atoms in total. The van der Waals surface area contributed by atoms with Crippen LogP contribution in [0.5, 0.6) is 0 Å². The first-order valence-electron chi connectivity index (χ1n) is 11.1. The highest BCUT2D eigenvalue weighted by Crippen LogP contribution is 2.33. The standard InChI is InChI=1S/C26H24BrClN4O/c1-16-29-14-21(25(31-16)18-8-9-22(27)23(28)12-18)26(33)32(15-17-6-7-17)11-10-19-13-30-24-5-3-2-4-20(19)24/h2-5,8-9,12-14,17,30H,6-7,10-11,15H2,1H3. The van der Waals surface area contributed by atoms with Gasteiger partial charge in [-0.15, -0.1) is 0 Å². The van der Waals surface area contributed by atoms with Crippen LogP contribution < -0.4 is 0 Å². The third kappa shape index (κ3) is 4.82. The number of rotatable bonds is 7. The summed E-state index contributed by atoms with van der Waals surface area (Å²) in [5.41, 5.74) is 4.28. The van der Waals surface area contributed by atoms with Gasteiger partial charge in [0.15, 0.2) is 0 Å². The predicted octanol–water partition coefficient (Wildman–Crippen LogP) is 6.44. The van der Waals surface area contributed by atoms with Gasteiger partial charge in [0.25, 0.3) is 5.91 Å². The lowest BCUT2D eigenvalue weighted by atomic mass is 10.1. The summed E-state index contributed by atoms with van der Waals surface area (Å²) >= 11 is 9.78. The number of carbonyl (C=O) groups excluding carboxylic acids is 1. The van der Waals surface area contributed by atoms with Gasteiger partial charge in [-0.2, -0.15) is 0 Å². The number of H-pyrrole nitrogens is 1. The average molecular weight is 524 g/mol. The summed E-state index contributed by atoms with van der Waals surface area (Å²) in [6.07, 6.45) is 6.84. The molecule has 0 aliphatic heterocycles. The summed E-state index contributed by atoms with van der Waals surface area (Å²) in [7, 11) is 0. The highest BCUT2D eigenvalue weighted by molar-refractivity contribution is 9.10. The highest BCUT2D eigenvalue weighted by atomic mass is 79.9. The maximum atomic E-state index is 13.8. The van der Waals surface area contributed by atoms with Gasteiger partial charge >= 0.3 is 0 Å². The molecule has 0 unspecified atom stereocenters. The Morgan fingerprint density at radius 2 is 2.06 bits per heavy atom. The number of fused-ring (bicyclic) bond motifs is 1. The van der Waals surface area contributed by atoms with Gasteiger partial charge in [-0.05, 0) is 71.8 Å². The van der Waals surface area contributed by atoms with E-state index in [4.69, 9.17) is 11.6 Å². The minimum atomic E-state index is -0.0317. The molecular formula is C26H24BrClN4O. The highest BCUT2D eigenvalue weighted by Gasteiger charge is 2.29. The van der Waals surface area contributed by atoms with E-state index >= 15 is 0 Å². The number of aromatic amines is 1. The molecule has 2 heterocycles. The lowest BCUT2D eigenvalue weighted by Gasteiger charge is -2.24. The molecule has 33 heavy (non-hydrogen) atoms. The van der Waals surface area contributed by atoms with Gasteiger partial charge in [-0.1, -0.05) is 35.9 Å². The largest absolute Gasteiger partial charge is 0.361 e. The van der Waals surface area contributed by atoms with Crippen molar-refractivity contribution < 1.29 is 4.79 Å². The van der Waals surface area contributed by atoms with Crippen LogP contribution >= 0.6 is 27.5 Å². The first-order valence-corrected chi connectivity index (χ1v) is 12.3. The Morgan fingerprint density at radius 3 is 2.85 bits per heavy atom. The second-order valence-electron chi connectivity index (χ2n) is 8.61. The molecule has 1 fully saturated rings. The van der Waals surface area contributed by atoms with Crippen molar-refractivity contribution in [1.29, 1.82) is 0 Å². The smallest absolute Gasteiger partial charge is 0.257 e. The van der Waals surface area contributed by atoms with Crippen LogP contribution in [-0.4, -0.2) is 38.8 Å². The second-order valence-corrected chi connectivity index (χ2v) is 9.87. The topological polar surface area (TPSA) is 61.9 Å². The molecule has 168 valence electrons. The lowest BCUT2D eigenvalue weighted by Crippen LogP contribution is -2.35. The van der Waals surface area contributed by atoms with Crippen LogP contribution in [0.15, 0.2) is 59.3 Å². The number of halogens is 2. The van der Waals surface area contributed by atoms with E-state index in [-0.39, 0.29) is 5.91 Å². The van der Waals surface area contributed by atoms with Gasteiger partial charge in [0.2, 0.25) is 0 Å². The summed E-state index contributed by atoms with van der Waals surface area (Å²) in [6.45, 7) is 3.23. The summed E-state index contributed by atoms with van der Waals surface area (Å²) in [5.74, 6) is 1.16. The zero-order chi connectivity index (χ0) is 22.9. The van der Waals surface area contributed by atoms with Gasteiger partial charge in [0.05, 0.1) is 16.3 Å². The second kappa shape index (κ2) is 9.27. The maximum Gasteiger partial charge on any atom is 0.257 e. The number of amides is 1. The number of hydrogen-bond donors (Lipinski definition) is 1. The molecule has 2 aromatic heterocycles. The minimum absolute atomic E-state index is 0.0317. The fourth-order valence-corrected chi connectivity index (χ4v) is 4.57. The molecule has 0 radical (unpaired) electrons. The fraction of sp³-hybridized carbons (Fsp3) is 0.269. The van der Waals surface area contributed by atoms with Crippen molar-refractivity contribution in [3.05, 3.63) is 81.3 Å². The molecule has 1 aliphatic rings. The Bertz CT molecular complexity index is 1330. The first kappa shape index (κ1) is 22.1. The predicted molar refractivity (Wildman–Crippen MR) is 136 cm³/mol. The molecule has 4 aromatic rings. The number of aryl methyl sites for hydroxylation is 1. The van der Waals surface area contributed by atoms with E-state index in [2.05, 4.69) is 49.2 Å². The molecule has 1 saturated carbocycles. The quantitative estimate of drug-likeness (QED) is 0.303. The average Bonchev–Trinajstić information content (AvgIpc) is 3.55. The summed E-state index contributed by atoms with van der Waals surface area (Å²) in [6, 6.07) is 13.9. The number of nitrogens with zero attached hydrogens (tertiary/aromatic N) is 3. The normalized spacial score (nSPS) is 13.4. The molecule has 1 N–H and O–H groups in total. The van der Waals surface area contributed by atoms with Crippen LogP contribution in [0, 0.1) is 12.8 Å². The Balaban J connectivity index is 1.45. The molecule has 1 aliphatic carbocycles. The van der Waals surface area contributed by atoms with Crippen molar-refractivity contribution in [3.8, 4) is 11.3 Å². The molecule has 0 spiro atoms. The van der Waals surface area contributed by atoms with E-state index in [0.717, 1.165) is 28.5 Å². The van der Waals surface area contributed by atoms with Gasteiger partial charge in [-0.25, -0.2) is 9.97 Å². The Morgan fingerprint density at radius 1 is 1.24 bits per heavy atom. The summed E-state index contributed by atoms with van der Waals surface area (Å²) in [5, 5.41) is 1.79. The number of nitrogens with one attached hydrogen (secondary N) is 1. The SMILES string of the molecule is Cc1ncc(C(=O)N(CCc2c[nH]c3ccccc23)CC2CC2)c(-c2ccc(Br)c(Cl)c2)n1. The number of carbonyl (C=O) groups is 1. The van der Waals surface area contributed by atoms with Crippen LogP contribution in [0.2, 0.25) is 5.02 Å². The fourth-order valence-electron chi connectivity index (χ4n) is 4.14. The molecule has 0 bridgehead atoms. The number of benzene rings is 2. The van der Waals surface area contributed by atoms with Crippen LogP contribution in [0.4, 0.5) is 0 Å². The molecule has 1 amide bonds. The van der Waals surface area contributed by atoms with Crippen molar-refractivity contribution in [2.24, 2.45) is 5.92 Å². The van der Waals surface area contributed by atoms with Gasteiger partial charge < -0.3 is 9.88 Å². The van der Waals surface area contributed by atoms with Crippen LogP contribution in [-0.2, 0) is 6.42 Å². The lowest BCUT2D eigenvalue weighted by molar-refractivity contribution is 0.0749. The van der Waals surface area contributed by atoms with Crippen LogP contribution in [0.3, 0.4) is 0 Å². The first-order chi connectivity index (χ1) is 16.0. The van der Waals surface area contributed by atoms with Crippen LogP contribution in [0.1, 0.15) is 34.6 Å². The van der Waals surface area contributed by atoms with Crippen molar-refractivity contribution in [2.45, 2.75) is 26.2 Å². The van der Waals surface area contributed by atoms with Crippen molar-refractivity contribution in [2.75, 3.05) is 13.1 Å². The van der Waals surface area contributed by atoms with E-state index in [0.29, 0.717) is 34.6 Å². The third-order valence-corrected chi connectivity index (χ3v) is 7.35. The Labute approximate surface area is 206 Å². The van der Waals surface area contributed by atoms with Crippen LogP contribution in [0.25, 0.3) is 22.2 Å². The minimum Gasteiger partial charge on any atom is -0.361 e. The molecule has 0 atom stereocenters. The van der Waals surface area contributed by atoms with Crippen molar-refractivity contribution >= 4 is 44.3 Å². The zero-order valence-electron chi connectivity index (χ0n) is 18.3. The number of hydrogen-bond acceptors (Lipinski definition) is 3. The molecule has 0 saturated heterocycles. The van der Waals surface area contributed by atoms with E-state index in [9.17, 15) is 4.79 Å². The number of aromatic nitrogens is 3. The van der Waals surface area contributed by atoms with Crippen molar-refractivity contribution in [3.63, 3.8) is 0 Å². The van der Waals surface area contributed by atoms with Crippen molar-refractivity contribution in [1.82, 2.24) is 19.9 Å². The molecule has 7 heteroatoms. The summed E-state index contributed by atoms with van der Waals surface area (Å²) < 4.78 is 0.806. The molecule has 5 rings (SSSR count). The van der Waals surface area contributed by atoms with Gasteiger partial charge in [0, 0.05) is 46.4 Å². The van der Waals surface area contributed by atoms with Gasteiger partial charge in [-0.3, -0.25) is 4.79 Å². The molecule has 2 aromatic carbocycles. The summed E-state index contributed by atoms with van der Waals surface area (Å²) in [4.78, 5) is 28.1. The molecular weight excluding hydrogens is 500 g/mol.